The predicted octanol–water partition coefficient (Wildman–Crippen LogP) is 2.86. The van der Waals surface area contributed by atoms with Crippen LogP contribution in [0.5, 0.6) is 0 Å². The van der Waals surface area contributed by atoms with Gasteiger partial charge in [-0.05, 0) is 38.0 Å². The molecule has 3 N–H and O–H groups in total. The summed E-state index contributed by atoms with van der Waals surface area (Å²) in [5, 5.41) is 10.7. The molecule has 0 saturated carbocycles. The van der Waals surface area contributed by atoms with E-state index in [2.05, 4.69) is 15.5 Å². The average molecular weight is 308 g/mol. The second-order valence-electron chi connectivity index (χ2n) is 4.47. The molecular weight excluding hydrogens is 292 g/mol. The highest BCUT2D eigenvalue weighted by molar-refractivity contribution is 8.02. The number of benzene rings is 1. The van der Waals surface area contributed by atoms with Crippen LogP contribution in [-0.2, 0) is 4.79 Å². The first-order valence-electron chi connectivity index (χ1n) is 6.09. The first-order valence-corrected chi connectivity index (χ1v) is 7.79. The maximum absolute atomic E-state index is 12.2. The van der Waals surface area contributed by atoms with Crippen LogP contribution in [0, 0.1) is 13.8 Å². The van der Waals surface area contributed by atoms with E-state index >= 15 is 0 Å². The smallest absolute Gasteiger partial charge is 0.237 e. The van der Waals surface area contributed by atoms with Crippen LogP contribution in [0.15, 0.2) is 22.5 Å². The SMILES string of the molecule is Cc1ccc(C)c(NC(=O)[C@H](C)Sc2nnc(N)s2)c1. The third kappa shape index (κ3) is 3.71. The number of carbonyl (C=O) groups excluding carboxylic acids is 1. The van der Waals surface area contributed by atoms with Crippen molar-refractivity contribution >= 4 is 39.8 Å². The van der Waals surface area contributed by atoms with Gasteiger partial charge in [-0.25, -0.2) is 0 Å². The fourth-order valence-corrected chi connectivity index (χ4v) is 3.36. The number of aryl methyl sites for hydroxylation is 2. The highest BCUT2D eigenvalue weighted by Crippen LogP contribution is 2.28. The summed E-state index contributed by atoms with van der Waals surface area (Å²) in [5.74, 6) is -0.0579. The van der Waals surface area contributed by atoms with Crippen LogP contribution in [-0.4, -0.2) is 21.4 Å². The van der Waals surface area contributed by atoms with Gasteiger partial charge >= 0.3 is 0 Å². The molecule has 1 aromatic heterocycles. The summed E-state index contributed by atoms with van der Waals surface area (Å²) in [6.07, 6.45) is 0. The number of nitrogen functional groups attached to an aromatic ring is 1. The number of nitrogens with two attached hydrogens (primary N) is 1. The van der Waals surface area contributed by atoms with E-state index in [1.165, 1.54) is 23.1 Å². The zero-order chi connectivity index (χ0) is 14.7. The number of nitrogens with zero attached hydrogens (tertiary/aromatic N) is 2. The standard InChI is InChI=1S/C13H16N4OS2/c1-7-4-5-8(2)10(6-7)15-11(18)9(3)19-13-17-16-12(14)20-13/h4-6,9H,1-3H3,(H2,14,16)(H,15,18)/t9-/m0/s1. The van der Waals surface area contributed by atoms with Gasteiger partial charge in [0.2, 0.25) is 11.0 Å². The van der Waals surface area contributed by atoms with E-state index in [4.69, 9.17) is 5.73 Å². The van der Waals surface area contributed by atoms with Gasteiger partial charge in [-0.1, -0.05) is 35.2 Å². The molecule has 0 saturated heterocycles. The van der Waals surface area contributed by atoms with Crippen molar-refractivity contribution in [1.82, 2.24) is 10.2 Å². The van der Waals surface area contributed by atoms with Gasteiger partial charge in [-0.2, -0.15) is 0 Å². The molecule has 0 spiro atoms. The number of aromatic nitrogens is 2. The second-order valence-corrected chi connectivity index (χ2v) is 7.07. The van der Waals surface area contributed by atoms with Crippen molar-refractivity contribution in [2.75, 3.05) is 11.1 Å². The summed E-state index contributed by atoms with van der Waals surface area (Å²) in [4.78, 5) is 12.2. The van der Waals surface area contributed by atoms with E-state index in [0.717, 1.165) is 16.8 Å². The molecule has 0 fully saturated rings. The number of thioether (sulfide) groups is 1. The summed E-state index contributed by atoms with van der Waals surface area (Å²) in [6.45, 7) is 5.80. The Balaban J connectivity index is 2.02. The van der Waals surface area contributed by atoms with E-state index in [0.29, 0.717) is 9.47 Å². The molecule has 0 radical (unpaired) electrons. The molecule has 20 heavy (non-hydrogen) atoms. The van der Waals surface area contributed by atoms with Crippen LogP contribution >= 0.6 is 23.1 Å². The Bertz CT molecular complexity index is 627. The Morgan fingerprint density at radius 2 is 2.15 bits per heavy atom. The molecule has 1 aromatic carbocycles. The zero-order valence-corrected chi connectivity index (χ0v) is 13.1. The van der Waals surface area contributed by atoms with Crippen LogP contribution in [0.2, 0.25) is 0 Å². The third-order valence-electron chi connectivity index (χ3n) is 2.72. The number of hydrogen-bond acceptors (Lipinski definition) is 6. The molecule has 0 aliphatic rings. The molecule has 106 valence electrons. The van der Waals surface area contributed by atoms with Crippen molar-refractivity contribution in [2.24, 2.45) is 0 Å². The Morgan fingerprint density at radius 1 is 1.40 bits per heavy atom. The Labute approximate surface area is 126 Å². The van der Waals surface area contributed by atoms with Crippen LogP contribution in [0.4, 0.5) is 10.8 Å². The van der Waals surface area contributed by atoms with Gasteiger partial charge in [0, 0.05) is 5.69 Å². The van der Waals surface area contributed by atoms with E-state index in [1.54, 1.807) is 0 Å². The molecule has 1 heterocycles. The van der Waals surface area contributed by atoms with Crippen LogP contribution in [0.3, 0.4) is 0 Å². The van der Waals surface area contributed by atoms with Crippen LogP contribution < -0.4 is 11.1 Å². The fourth-order valence-electron chi connectivity index (χ4n) is 1.58. The van der Waals surface area contributed by atoms with Gasteiger partial charge in [0.05, 0.1) is 5.25 Å². The van der Waals surface area contributed by atoms with E-state index in [-0.39, 0.29) is 11.2 Å². The van der Waals surface area contributed by atoms with E-state index in [1.807, 2.05) is 39.0 Å². The van der Waals surface area contributed by atoms with Gasteiger partial charge in [0.25, 0.3) is 0 Å². The maximum atomic E-state index is 12.2. The summed E-state index contributed by atoms with van der Waals surface area (Å²) in [6, 6.07) is 5.98. The Kier molecular flexibility index (Phi) is 4.61. The molecule has 5 nitrogen and oxygen atoms in total. The minimum atomic E-state index is -0.262. The fraction of sp³-hybridized carbons (Fsp3) is 0.308. The van der Waals surface area contributed by atoms with Crippen molar-refractivity contribution < 1.29 is 4.79 Å². The topological polar surface area (TPSA) is 80.9 Å². The minimum absolute atomic E-state index is 0.0579. The van der Waals surface area contributed by atoms with Crippen molar-refractivity contribution in [1.29, 1.82) is 0 Å². The van der Waals surface area contributed by atoms with Gasteiger partial charge in [0.15, 0.2) is 4.34 Å². The van der Waals surface area contributed by atoms with Crippen LogP contribution in [0.25, 0.3) is 0 Å². The molecule has 2 aromatic rings. The van der Waals surface area contributed by atoms with Gasteiger partial charge in [-0.15, -0.1) is 10.2 Å². The third-order valence-corrected chi connectivity index (χ3v) is 4.66. The first-order chi connectivity index (χ1) is 9.45. The van der Waals surface area contributed by atoms with Crippen LogP contribution in [0.1, 0.15) is 18.1 Å². The first kappa shape index (κ1) is 14.8. The summed E-state index contributed by atoms with van der Waals surface area (Å²) in [7, 11) is 0. The summed E-state index contributed by atoms with van der Waals surface area (Å²) >= 11 is 2.64. The molecule has 7 heteroatoms. The highest BCUT2D eigenvalue weighted by Gasteiger charge is 2.17. The average Bonchev–Trinajstić information content (AvgIpc) is 2.79. The van der Waals surface area contributed by atoms with E-state index < -0.39 is 0 Å². The lowest BCUT2D eigenvalue weighted by Crippen LogP contribution is -2.22. The molecule has 0 aliphatic heterocycles. The lowest BCUT2D eigenvalue weighted by Gasteiger charge is -2.12. The lowest BCUT2D eigenvalue weighted by atomic mass is 10.1. The predicted molar refractivity (Wildman–Crippen MR) is 84.2 cm³/mol. The number of anilines is 2. The van der Waals surface area contributed by atoms with Crippen molar-refractivity contribution in [3.8, 4) is 0 Å². The van der Waals surface area contributed by atoms with Crippen molar-refractivity contribution in [3.05, 3.63) is 29.3 Å². The molecule has 2 rings (SSSR count). The highest BCUT2D eigenvalue weighted by atomic mass is 32.2. The summed E-state index contributed by atoms with van der Waals surface area (Å²) < 4.78 is 0.700. The second kappa shape index (κ2) is 6.23. The normalized spacial score (nSPS) is 12.2. The number of nitrogens with one attached hydrogen (secondary N) is 1. The molecule has 1 amide bonds. The Morgan fingerprint density at radius 3 is 2.80 bits per heavy atom. The van der Waals surface area contributed by atoms with E-state index in [9.17, 15) is 4.79 Å². The molecule has 1 atom stereocenters. The van der Waals surface area contributed by atoms with Crippen molar-refractivity contribution in [2.45, 2.75) is 30.4 Å². The quantitative estimate of drug-likeness (QED) is 0.849. The Hall–Kier alpha value is -1.60. The molecule has 0 unspecified atom stereocenters. The molecular formula is C13H16N4OS2. The van der Waals surface area contributed by atoms with Gasteiger partial charge < -0.3 is 11.1 Å². The van der Waals surface area contributed by atoms with Gasteiger partial charge in [0.1, 0.15) is 0 Å². The summed E-state index contributed by atoms with van der Waals surface area (Å²) in [5.41, 5.74) is 8.52. The number of amides is 1. The minimum Gasteiger partial charge on any atom is -0.374 e. The van der Waals surface area contributed by atoms with Gasteiger partial charge in [-0.3, -0.25) is 4.79 Å². The number of rotatable bonds is 4. The molecule has 0 bridgehead atoms. The monoisotopic (exact) mass is 308 g/mol. The lowest BCUT2D eigenvalue weighted by molar-refractivity contribution is -0.115. The number of hydrogen-bond donors (Lipinski definition) is 2. The van der Waals surface area contributed by atoms with Crippen molar-refractivity contribution in [3.63, 3.8) is 0 Å². The largest absolute Gasteiger partial charge is 0.374 e. The number of carbonyl (C=O) groups is 1. The zero-order valence-electron chi connectivity index (χ0n) is 11.5. The maximum Gasteiger partial charge on any atom is 0.237 e. The molecule has 0 aliphatic carbocycles.